The average molecular weight is 501 g/mol. The Kier molecular flexibility index (Phi) is 4.79. The summed E-state index contributed by atoms with van der Waals surface area (Å²) in [6.45, 7) is 0.942. The Morgan fingerprint density at radius 2 is 2.12 bits per heavy atom. The lowest BCUT2D eigenvalue weighted by Gasteiger charge is -2.28. The van der Waals surface area contributed by atoms with E-state index in [1.807, 2.05) is 18.3 Å². The molecule has 0 atom stereocenters. The summed E-state index contributed by atoms with van der Waals surface area (Å²) < 4.78 is 48.2. The number of halogens is 1. The van der Waals surface area contributed by atoms with Crippen molar-refractivity contribution in [2.45, 2.75) is 36.1 Å². The summed E-state index contributed by atoms with van der Waals surface area (Å²) in [6, 6.07) is 8.91. The van der Waals surface area contributed by atoms with Gasteiger partial charge in [0, 0.05) is 23.4 Å². The number of benzene rings is 2. The van der Waals surface area contributed by atoms with E-state index >= 15 is 0 Å². The van der Waals surface area contributed by atoms with Crippen molar-refractivity contribution in [3.05, 3.63) is 58.9 Å². The predicted octanol–water partition coefficient (Wildman–Crippen LogP) is 4.35. The molecule has 176 valence electrons. The van der Waals surface area contributed by atoms with E-state index in [-0.39, 0.29) is 21.9 Å². The smallest absolute Gasteiger partial charge is 0.270 e. The van der Waals surface area contributed by atoms with Gasteiger partial charge >= 0.3 is 0 Å². The van der Waals surface area contributed by atoms with Gasteiger partial charge in [-0.25, -0.2) is 8.42 Å². The molecular weight excluding hydrogens is 480 g/mol. The molecule has 1 aliphatic heterocycles. The monoisotopic (exact) mass is 500 g/mol. The third-order valence-corrected chi connectivity index (χ3v) is 8.22. The second-order valence-corrected chi connectivity index (χ2v) is 10.7. The van der Waals surface area contributed by atoms with Crippen molar-refractivity contribution in [2.75, 3.05) is 18.4 Å². The number of nitrogens with zero attached hydrogens (tertiary/aromatic N) is 3. The van der Waals surface area contributed by atoms with Gasteiger partial charge in [0.1, 0.15) is 11.5 Å². The molecule has 0 radical (unpaired) electrons. The van der Waals surface area contributed by atoms with Crippen molar-refractivity contribution in [3.63, 3.8) is 0 Å². The topological polar surface area (TPSA) is 108 Å². The molecule has 0 unspecified atom stereocenters. The molecule has 1 spiro atoms. The van der Waals surface area contributed by atoms with Crippen LogP contribution in [0.15, 0.2) is 52.1 Å². The summed E-state index contributed by atoms with van der Waals surface area (Å²) in [5.41, 5.74) is 2.11. The highest BCUT2D eigenvalue weighted by atomic mass is 35.5. The summed E-state index contributed by atoms with van der Waals surface area (Å²) in [5.74, 6) is 0.544. The molecule has 0 saturated heterocycles. The van der Waals surface area contributed by atoms with E-state index < -0.39 is 10.0 Å². The maximum atomic E-state index is 13.6. The minimum absolute atomic E-state index is 0.000996. The van der Waals surface area contributed by atoms with E-state index in [1.165, 1.54) is 7.11 Å². The molecule has 34 heavy (non-hydrogen) atoms. The van der Waals surface area contributed by atoms with Gasteiger partial charge < -0.3 is 14.0 Å². The van der Waals surface area contributed by atoms with Crippen molar-refractivity contribution in [1.82, 2.24) is 14.9 Å². The highest BCUT2D eigenvalue weighted by Gasteiger charge is 2.49. The highest BCUT2D eigenvalue weighted by molar-refractivity contribution is 7.93. The van der Waals surface area contributed by atoms with Crippen LogP contribution in [0, 0.1) is 0 Å². The first kappa shape index (κ1) is 21.3. The molecule has 1 aliphatic carbocycles. The summed E-state index contributed by atoms with van der Waals surface area (Å²) in [6.07, 6.45) is 6.44. The Balaban J connectivity index is 1.40. The molecule has 9 nitrogen and oxygen atoms in total. The lowest BCUT2D eigenvalue weighted by Crippen LogP contribution is -2.24. The van der Waals surface area contributed by atoms with E-state index in [4.69, 9.17) is 25.6 Å². The van der Waals surface area contributed by atoms with Crippen molar-refractivity contribution >= 4 is 38.4 Å². The van der Waals surface area contributed by atoms with Crippen molar-refractivity contribution < 1.29 is 22.4 Å². The van der Waals surface area contributed by atoms with E-state index in [0.29, 0.717) is 34.9 Å². The fourth-order valence-corrected chi connectivity index (χ4v) is 6.32. The third kappa shape index (κ3) is 3.40. The van der Waals surface area contributed by atoms with Crippen LogP contribution >= 0.6 is 11.6 Å². The number of hydrogen-bond acceptors (Lipinski definition) is 7. The zero-order chi connectivity index (χ0) is 23.5. The zero-order valence-corrected chi connectivity index (χ0v) is 19.8. The van der Waals surface area contributed by atoms with Crippen LogP contribution < -0.4 is 14.2 Å². The van der Waals surface area contributed by atoms with E-state index in [9.17, 15) is 8.42 Å². The number of hydrogen-bond donors (Lipinski definition) is 1. The van der Waals surface area contributed by atoms with E-state index in [0.717, 1.165) is 30.4 Å². The summed E-state index contributed by atoms with van der Waals surface area (Å²) in [4.78, 5) is -0.0407. The van der Waals surface area contributed by atoms with Crippen LogP contribution in [0.4, 0.5) is 5.82 Å². The Morgan fingerprint density at radius 1 is 1.26 bits per heavy atom. The average Bonchev–Trinajstić information content (AvgIpc) is 3.19. The fraction of sp³-hybridized carbons (Fsp3) is 0.304. The molecule has 2 aromatic carbocycles. The van der Waals surface area contributed by atoms with Crippen LogP contribution in [0.3, 0.4) is 0 Å². The summed E-state index contributed by atoms with van der Waals surface area (Å²) in [7, 11) is -2.71. The van der Waals surface area contributed by atoms with Crippen molar-refractivity contribution in [1.29, 1.82) is 0 Å². The highest BCUT2D eigenvalue weighted by Crippen LogP contribution is 2.58. The van der Waals surface area contributed by atoms with Crippen LogP contribution in [0.5, 0.6) is 11.5 Å². The van der Waals surface area contributed by atoms with Crippen LogP contribution in [-0.2, 0) is 22.0 Å². The minimum Gasteiger partial charge on any atom is -0.495 e. The SMILES string of the molecule is COc1ccc2c(c1S(=O)(=O)Nc1noc3cc(Cn4cccn4)cc(Cl)c13)OCCC21CC1. The Morgan fingerprint density at radius 3 is 2.85 bits per heavy atom. The lowest BCUT2D eigenvalue weighted by atomic mass is 9.90. The number of sulfonamides is 1. The number of rotatable bonds is 6. The summed E-state index contributed by atoms with van der Waals surface area (Å²) >= 11 is 6.53. The largest absolute Gasteiger partial charge is 0.495 e. The minimum atomic E-state index is -4.14. The molecule has 0 bridgehead atoms. The molecule has 0 amide bonds. The normalized spacial score (nSPS) is 16.3. The zero-order valence-electron chi connectivity index (χ0n) is 18.2. The first-order valence-corrected chi connectivity index (χ1v) is 12.7. The maximum absolute atomic E-state index is 13.6. The maximum Gasteiger partial charge on any atom is 0.270 e. The van der Waals surface area contributed by atoms with Crippen molar-refractivity contribution in [2.24, 2.45) is 0 Å². The molecule has 4 aromatic rings. The molecule has 6 rings (SSSR count). The molecule has 3 heterocycles. The lowest BCUT2D eigenvalue weighted by molar-refractivity contribution is 0.250. The van der Waals surface area contributed by atoms with Crippen LogP contribution in [-0.4, -0.2) is 37.1 Å². The van der Waals surface area contributed by atoms with Crippen LogP contribution in [0.2, 0.25) is 5.02 Å². The first-order valence-electron chi connectivity index (χ1n) is 10.8. The molecule has 1 saturated carbocycles. The first-order chi connectivity index (χ1) is 16.4. The second kappa shape index (κ2) is 7.64. The van der Waals surface area contributed by atoms with Gasteiger partial charge in [-0.1, -0.05) is 22.8 Å². The van der Waals surface area contributed by atoms with Crippen molar-refractivity contribution in [3.8, 4) is 11.5 Å². The van der Waals surface area contributed by atoms with E-state index in [2.05, 4.69) is 15.0 Å². The van der Waals surface area contributed by atoms with Gasteiger partial charge in [-0.2, -0.15) is 5.10 Å². The van der Waals surface area contributed by atoms with Gasteiger partial charge in [0.15, 0.2) is 16.3 Å². The molecule has 2 aromatic heterocycles. The van der Waals surface area contributed by atoms with Gasteiger partial charge in [-0.05, 0) is 49.1 Å². The van der Waals surface area contributed by atoms with Gasteiger partial charge in [0.2, 0.25) is 0 Å². The second-order valence-electron chi connectivity index (χ2n) is 8.64. The van der Waals surface area contributed by atoms with Gasteiger partial charge in [-0.3, -0.25) is 9.40 Å². The number of ether oxygens (including phenoxy) is 2. The van der Waals surface area contributed by atoms with Crippen LogP contribution in [0.25, 0.3) is 11.0 Å². The molecule has 1 fully saturated rings. The Labute approximate surface area is 200 Å². The molecular formula is C23H21ClN4O5S. The number of nitrogens with one attached hydrogen (secondary N) is 1. The number of fused-ring (bicyclic) bond motifs is 3. The third-order valence-electron chi connectivity index (χ3n) is 6.54. The van der Waals surface area contributed by atoms with Gasteiger partial charge in [0.25, 0.3) is 10.0 Å². The predicted molar refractivity (Wildman–Crippen MR) is 125 cm³/mol. The molecule has 11 heteroatoms. The summed E-state index contributed by atoms with van der Waals surface area (Å²) in [5, 5.41) is 8.83. The fourth-order valence-electron chi connectivity index (χ4n) is 4.67. The van der Waals surface area contributed by atoms with Gasteiger partial charge in [0.05, 0.1) is 30.7 Å². The standard InChI is InChI=1S/C23H21ClN4O5S/c1-31-17-4-3-15-20(32-10-7-23(15)5-6-23)21(17)34(29,30)27-22-19-16(24)11-14(12-18(19)33-26-22)13-28-9-2-8-25-28/h2-4,8-9,11-12H,5-7,10,13H2,1H3,(H,26,27). The number of aromatic nitrogens is 3. The van der Waals surface area contributed by atoms with E-state index in [1.54, 1.807) is 29.1 Å². The van der Waals surface area contributed by atoms with Gasteiger partial charge in [-0.15, -0.1) is 0 Å². The molecule has 2 aliphatic rings. The number of anilines is 1. The number of methoxy groups -OCH3 is 1. The Bertz CT molecular complexity index is 1510. The Hall–Kier alpha value is -3.24. The van der Waals surface area contributed by atoms with Crippen LogP contribution in [0.1, 0.15) is 30.4 Å². The quantitative estimate of drug-likeness (QED) is 0.419. The molecule has 1 N–H and O–H groups in total.